The first-order valence-corrected chi connectivity index (χ1v) is 8.82. The van der Waals surface area contributed by atoms with E-state index in [1.807, 2.05) is 0 Å². The number of hydrogen-bond acceptors (Lipinski definition) is 5. The van der Waals surface area contributed by atoms with E-state index in [9.17, 15) is 5.26 Å². The summed E-state index contributed by atoms with van der Waals surface area (Å²) in [6.45, 7) is 12.2. The lowest BCUT2D eigenvalue weighted by Gasteiger charge is -2.37. The fourth-order valence-corrected chi connectivity index (χ4v) is 3.51. The Hall–Kier alpha value is -1.64. The van der Waals surface area contributed by atoms with E-state index in [1.165, 1.54) is 0 Å². The maximum absolute atomic E-state index is 9.79. The average molecular weight is 329 g/mol. The number of rotatable bonds is 3. The largest absolute Gasteiger partial charge is 0.378 e. The summed E-state index contributed by atoms with van der Waals surface area (Å²) < 4.78 is 11.5. The van der Waals surface area contributed by atoms with Gasteiger partial charge in [0.05, 0.1) is 36.7 Å². The Morgan fingerprint density at radius 3 is 2.58 bits per heavy atom. The number of anilines is 1. The summed E-state index contributed by atoms with van der Waals surface area (Å²) in [5.41, 5.74) is 3.70. The van der Waals surface area contributed by atoms with Gasteiger partial charge in [-0.05, 0) is 31.7 Å². The lowest BCUT2D eigenvalue weighted by molar-refractivity contribution is -0.0402. The molecule has 1 fully saturated rings. The molecule has 0 aliphatic carbocycles. The van der Waals surface area contributed by atoms with E-state index < -0.39 is 0 Å². The van der Waals surface area contributed by atoms with Crippen molar-refractivity contribution < 1.29 is 9.47 Å². The van der Waals surface area contributed by atoms with Crippen LogP contribution in [0.25, 0.3) is 0 Å². The summed E-state index contributed by atoms with van der Waals surface area (Å²) in [6, 6.07) is 2.44. The highest BCUT2D eigenvalue weighted by atomic mass is 16.5. The van der Waals surface area contributed by atoms with Gasteiger partial charge < -0.3 is 14.4 Å². The van der Waals surface area contributed by atoms with Crippen LogP contribution >= 0.6 is 0 Å². The SMILES string of the molecule is CC(C)Cc1nc(N2CCOCC2)c2c(c1C#N)CC(C)(C)OC2. The van der Waals surface area contributed by atoms with Crippen molar-refractivity contribution in [3.8, 4) is 6.07 Å². The molecule has 0 atom stereocenters. The summed E-state index contributed by atoms with van der Waals surface area (Å²) in [7, 11) is 0. The van der Waals surface area contributed by atoms with Crippen LogP contribution in [0.1, 0.15) is 50.1 Å². The molecule has 2 aliphatic rings. The third-order valence-electron chi connectivity index (χ3n) is 4.70. The van der Waals surface area contributed by atoms with Crippen LogP contribution < -0.4 is 4.90 Å². The van der Waals surface area contributed by atoms with E-state index in [0.717, 1.165) is 67.3 Å². The highest BCUT2D eigenvalue weighted by molar-refractivity contribution is 5.59. The molecule has 130 valence electrons. The zero-order valence-electron chi connectivity index (χ0n) is 15.2. The van der Waals surface area contributed by atoms with Gasteiger partial charge >= 0.3 is 0 Å². The minimum Gasteiger partial charge on any atom is -0.378 e. The summed E-state index contributed by atoms with van der Waals surface area (Å²) in [5.74, 6) is 1.46. The summed E-state index contributed by atoms with van der Waals surface area (Å²) in [6.07, 6.45) is 1.59. The average Bonchev–Trinajstić information content (AvgIpc) is 2.53. The van der Waals surface area contributed by atoms with Crippen molar-refractivity contribution in [1.82, 2.24) is 4.98 Å². The van der Waals surface area contributed by atoms with Gasteiger partial charge in [-0.3, -0.25) is 0 Å². The minimum atomic E-state index is -0.239. The minimum absolute atomic E-state index is 0.239. The first-order valence-electron chi connectivity index (χ1n) is 8.82. The van der Waals surface area contributed by atoms with Gasteiger partial charge in [0.15, 0.2) is 0 Å². The highest BCUT2D eigenvalue weighted by Gasteiger charge is 2.33. The lowest BCUT2D eigenvalue weighted by atomic mass is 9.87. The molecule has 24 heavy (non-hydrogen) atoms. The number of hydrogen-bond donors (Lipinski definition) is 0. The first-order chi connectivity index (χ1) is 11.4. The predicted molar refractivity (Wildman–Crippen MR) is 93.1 cm³/mol. The third-order valence-corrected chi connectivity index (χ3v) is 4.70. The second kappa shape index (κ2) is 6.70. The van der Waals surface area contributed by atoms with Gasteiger partial charge in [0.2, 0.25) is 0 Å². The molecule has 0 N–H and O–H groups in total. The van der Waals surface area contributed by atoms with Gasteiger partial charge in [-0.1, -0.05) is 13.8 Å². The van der Waals surface area contributed by atoms with Gasteiger partial charge in [0.1, 0.15) is 11.9 Å². The summed E-state index contributed by atoms with van der Waals surface area (Å²) in [5, 5.41) is 9.79. The quantitative estimate of drug-likeness (QED) is 0.853. The second-order valence-corrected chi connectivity index (χ2v) is 7.75. The van der Waals surface area contributed by atoms with Crippen LogP contribution in [-0.2, 0) is 28.9 Å². The Bertz CT molecular complexity index is 656. The molecule has 5 nitrogen and oxygen atoms in total. The normalized spacial score (nSPS) is 19.9. The van der Waals surface area contributed by atoms with Crippen molar-refractivity contribution in [3.63, 3.8) is 0 Å². The number of morpholine rings is 1. The Balaban J connectivity index is 2.13. The van der Waals surface area contributed by atoms with E-state index in [2.05, 4.69) is 38.7 Å². The Kier molecular flexibility index (Phi) is 4.80. The van der Waals surface area contributed by atoms with Gasteiger partial charge in [0, 0.05) is 25.1 Å². The molecule has 0 bridgehead atoms. The van der Waals surface area contributed by atoms with Crippen molar-refractivity contribution in [1.29, 1.82) is 5.26 Å². The smallest absolute Gasteiger partial charge is 0.134 e. The fraction of sp³-hybridized carbons (Fsp3) is 0.684. The molecule has 0 spiro atoms. The third kappa shape index (κ3) is 3.40. The van der Waals surface area contributed by atoms with Crippen molar-refractivity contribution in [2.75, 3.05) is 31.2 Å². The van der Waals surface area contributed by atoms with Gasteiger partial charge in [-0.15, -0.1) is 0 Å². The topological polar surface area (TPSA) is 58.4 Å². The predicted octanol–water partition coefficient (Wildman–Crippen LogP) is 2.84. The maximum atomic E-state index is 9.79. The molecule has 1 aromatic heterocycles. The maximum Gasteiger partial charge on any atom is 0.134 e. The Morgan fingerprint density at radius 2 is 1.96 bits per heavy atom. The van der Waals surface area contributed by atoms with Gasteiger partial charge in [-0.2, -0.15) is 5.26 Å². The molecule has 0 amide bonds. The lowest BCUT2D eigenvalue weighted by Crippen LogP contribution is -2.40. The van der Waals surface area contributed by atoms with E-state index in [0.29, 0.717) is 12.5 Å². The molecule has 3 heterocycles. The van der Waals surface area contributed by atoms with Crippen LogP contribution in [0.5, 0.6) is 0 Å². The van der Waals surface area contributed by atoms with Crippen LogP contribution in [-0.4, -0.2) is 36.9 Å². The van der Waals surface area contributed by atoms with Crippen molar-refractivity contribution in [3.05, 3.63) is 22.4 Å². The van der Waals surface area contributed by atoms with Crippen LogP contribution in [0.4, 0.5) is 5.82 Å². The number of aromatic nitrogens is 1. The fourth-order valence-electron chi connectivity index (χ4n) is 3.51. The molecule has 2 aliphatic heterocycles. The number of ether oxygens (including phenoxy) is 2. The zero-order chi connectivity index (χ0) is 17.3. The Labute approximate surface area is 144 Å². The monoisotopic (exact) mass is 329 g/mol. The van der Waals surface area contributed by atoms with E-state index in [4.69, 9.17) is 14.5 Å². The molecule has 5 heteroatoms. The van der Waals surface area contributed by atoms with Crippen molar-refractivity contribution >= 4 is 5.82 Å². The number of nitrogens with zero attached hydrogens (tertiary/aromatic N) is 3. The van der Waals surface area contributed by atoms with Crippen LogP contribution in [0.15, 0.2) is 0 Å². The van der Waals surface area contributed by atoms with Crippen molar-refractivity contribution in [2.45, 2.75) is 52.7 Å². The molecule has 0 aromatic carbocycles. The number of pyridine rings is 1. The standard InChI is InChI=1S/C19H27N3O2/c1-13(2)9-17-15(11-20)14-10-19(3,4)24-12-16(14)18(21-17)22-5-7-23-8-6-22/h13H,5-10,12H2,1-4H3. The van der Waals surface area contributed by atoms with E-state index in [-0.39, 0.29) is 5.60 Å². The summed E-state index contributed by atoms with van der Waals surface area (Å²) >= 11 is 0. The van der Waals surface area contributed by atoms with Gasteiger partial charge in [0.25, 0.3) is 0 Å². The second-order valence-electron chi connectivity index (χ2n) is 7.75. The van der Waals surface area contributed by atoms with Crippen LogP contribution in [0.2, 0.25) is 0 Å². The molecule has 0 saturated carbocycles. The van der Waals surface area contributed by atoms with Crippen LogP contribution in [0.3, 0.4) is 0 Å². The van der Waals surface area contributed by atoms with E-state index >= 15 is 0 Å². The first kappa shape index (κ1) is 17.2. The molecule has 0 unspecified atom stereocenters. The summed E-state index contributed by atoms with van der Waals surface area (Å²) in [4.78, 5) is 7.22. The zero-order valence-corrected chi connectivity index (χ0v) is 15.2. The van der Waals surface area contributed by atoms with E-state index in [1.54, 1.807) is 0 Å². The molecule has 1 aromatic rings. The van der Waals surface area contributed by atoms with Gasteiger partial charge in [-0.25, -0.2) is 4.98 Å². The van der Waals surface area contributed by atoms with Crippen molar-refractivity contribution in [2.24, 2.45) is 5.92 Å². The molecular formula is C19H27N3O2. The molecule has 0 radical (unpaired) electrons. The molecule has 1 saturated heterocycles. The highest BCUT2D eigenvalue weighted by Crippen LogP contribution is 2.36. The molecular weight excluding hydrogens is 302 g/mol. The van der Waals surface area contributed by atoms with Crippen LogP contribution in [0, 0.1) is 17.2 Å². The number of fused-ring (bicyclic) bond motifs is 1. The Morgan fingerprint density at radius 1 is 1.25 bits per heavy atom. The number of nitriles is 1. The molecule has 3 rings (SSSR count).